The Balaban J connectivity index is 1.64. The lowest BCUT2D eigenvalue weighted by Crippen LogP contribution is -2.16. The third-order valence-corrected chi connectivity index (χ3v) is 3.21. The summed E-state index contributed by atoms with van der Waals surface area (Å²) in [7, 11) is 1.65. The molecular formula is C16H18N2O2. The summed E-state index contributed by atoms with van der Waals surface area (Å²) in [4.78, 5) is 4.49. The van der Waals surface area contributed by atoms with E-state index < -0.39 is 0 Å². The van der Waals surface area contributed by atoms with Gasteiger partial charge in [0.05, 0.1) is 12.8 Å². The molecule has 0 bridgehead atoms. The van der Waals surface area contributed by atoms with Crippen LogP contribution in [0.4, 0.5) is 0 Å². The van der Waals surface area contributed by atoms with Gasteiger partial charge in [-0.05, 0) is 43.2 Å². The molecule has 1 aromatic carbocycles. The molecule has 1 N–H and O–H groups in total. The van der Waals surface area contributed by atoms with Gasteiger partial charge in [-0.15, -0.1) is 0 Å². The third kappa shape index (κ3) is 3.48. The highest BCUT2D eigenvalue weighted by Crippen LogP contribution is 2.23. The number of benzene rings is 1. The predicted octanol–water partition coefficient (Wildman–Crippen LogP) is 3.13. The van der Waals surface area contributed by atoms with Crippen LogP contribution in [0.3, 0.4) is 0 Å². The molecule has 4 heteroatoms. The van der Waals surface area contributed by atoms with Gasteiger partial charge in [-0.25, -0.2) is 4.98 Å². The first kappa shape index (κ1) is 12.9. The van der Waals surface area contributed by atoms with Crippen molar-refractivity contribution < 1.29 is 9.47 Å². The zero-order chi connectivity index (χ0) is 13.8. The van der Waals surface area contributed by atoms with Crippen molar-refractivity contribution in [2.24, 2.45) is 0 Å². The van der Waals surface area contributed by atoms with E-state index in [1.807, 2.05) is 42.5 Å². The van der Waals surface area contributed by atoms with E-state index in [1.165, 1.54) is 12.8 Å². The van der Waals surface area contributed by atoms with E-state index in [0.29, 0.717) is 11.9 Å². The standard InChI is InChI=1S/C16H18N2O2/c1-19-14-7-9-15(10-8-14)20-16-4-2-3-13(18-16)11-17-12-5-6-12/h2-4,7-10,12,17H,5-6,11H2,1H3. The molecule has 0 atom stereocenters. The molecule has 1 saturated carbocycles. The minimum Gasteiger partial charge on any atom is -0.497 e. The molecule has 1 aromatic heterocycles. The second kappa shape index (κ2) is 5.92. The Morgan fingerprint density at radius 2 is 1.85 bits per heavy atom. The lowest BCUT2D eigenvalue weighted by Gasteiger charge is -2.08. The van der Waals surface area contributed by atoms with E-state index in [-0.39, 0.29) is 0 Å². The Morgan fingerprint density at radius 1 is 1.10 bits per heavy atom. The summed E-state index contributed by atoms with van der Waals surface area (Å²) in [5, 5.41) is 3.44. The topological polar surface area (TPSA) is 43.4 Å². The van der Waals surface area contributed by atoms with E-state index in [2.05, 4.69) is 10.3 Å². The number of nitrogens with zero attached hydrogens (tertiary/aromatic N) is 1. The Kier molecular flexibility index (Phi) is 3.83. The van der Waals surface area contributed by atoms with E-state index in [4.69, 9.17) is 9.47 Å². The van der Waals surface area contributed by atoms with Crippen molar-refractivity contribution in [2.75, 3.05) is 7.11 Å². The van der Waals surface area contributed by atoms with E-state index in [1.54, 1.807) is 7.11 Å². The molecule has 0 spiro atoms. The first-order chi connectivity index (χ1) is 9.83. The van der Waals surface area contributed by atoms with Gasteiger partial charge in [0.1, 0.15) is 11.5 Å². The predicted molar refractivity (Wildman–Crippen MR) is 77.2 cm³/mol. The van der Waals surface area contributed by atoms with Gasteiger partial charge in [0.25, 0.3) is 0 Å². The van der Waals surface area contributed by atoms with Crippen LogP contribution in [0.5, 0.6) is 17.4 Å². The monoisotopic (exact) mass is 270 g/mol. The van der Waals surface area contributed by atoms with Crippen LogP contribution in [-0.2, 0) is 6.54 Å². The average molecular weight is 270 g/mol. The van der Waals surface area contributed by atoms with Crippen LogP contribution < -0.4 is 14.8 Å². The van der Waals surface area contributed by atoms with Crippen LogP contribution in [-0.4, -0.2) is 18.1 Å². The minimum absolute atomic E-state index is 0.616. The molecule has 0 radical (unpaired) electrons. The van der Waals surface area contributed by atoms with Gasteiger partial charge in [-0.3, -0.25) is 0 Å². The summed E-state index contributed by atoms with van der Waals surface area (Å²) < 4.78 is 10.9. The lowest BCUT2D eigenvalue weighted by molar-refractivity contribution is 0.412. The Morgan fingerprint density at radius 3 is 2.55 bits per heavy atom. The number of hydrogen-bond acceptors (Lipinski definition) is 4. The zero-order valence-corrected chi connectivity index (χ0v) is 11.5. The maximum Gasteiger partial charge on any atom is 0.219 e. The molecule has 20 heavy (non-hydrogen) atoms. The lowest BCUT2D eigenvalue weighted by atomic mass is 10.3. The molecule has 3 rings (SSSR count). The highest BCUT2D eigenvalue weighted by molar-refractivity contribution is 5.33. The summed E-state index contributed by atoms with van der Waals surface area (Å²) in [6.45, 7) is 0.796. The van der Waals surface area contributed by atoms with Gasteiger partial charge in [-0.2, -0.15) is 0 Å². The van der Waals surface area contributed by atoms with Gasteiger partial charge >= 0.3 is 0 Å². The van der Waals surface area contributed by atoms with E-state index in [0.717, 1.165) is 23.7 Å². The smallest absolute Gasteiger partial charge is 0.219 e. The summed E-state index contributed by atoms with van der Waals surface area (Å²) >= 11 is 0. The van der Waals surface area contributed by atoms with Crippen LogP contribution in [0, 0.1) is 0 Å². The molecule has 1 heterocycles. The van der Waals surface area contributed by atoms with Crippen LogP contribution in [0.1, 0.15) is 18.5 Å². The fraction of sp³-hybridized carbons (Fsp3) is 0.312. The molecule has 0 aliphatic heterocycles. The maximum absolute atomic E-state index is 5.75. The number of ether oxygens (including phenoxy) is 2. The highest BCUT2D eigenvalue weighted by atomic mass is 16.5. The second-order valence-electron chi connectivity index (χ2n) is 4.90. The molecule has 0 unspecified atom stereocenters. The number of pyridine rings is 1. The first-order valence-corrected chi connectivity index (χ1v) is 6.85. The molecule has 0 saturated heterocycles. The molecule has 1 aliphatic carbocycles. The summed E-state index contributed by atoms with van der Waals surface area (Å²) in [5.41, 5.74) is 1.00. The van der Waals surface area contributed by atoms with Crippen LogP contribution in [0.25, 0.3) is 0 Å². The van der Waals surface area contributed by atoms with Crippen molar-refractivity contribution in [1.82, 2.24) is 10.3 Å². The van der Waals surface area contributed by atoms with Crippen molar-refractivity contribution in [2.45, 2.75) is 25.4 Å². The van der Waals surface area contributed by atoms with Gasteiger partial charge in [0, 0.05) is 18.7 Å². The quantitative estimate of drug-likeness (QED) is 0.875. The Hall–Kier alpha value is -2.07. The van der Waals surface area contributed by atoms with Crippen molar-refractivity contribution >= 4 is 0 Å². The molecule has 1 aliphatic rings. The largest absolute Gasteiger partial charge is 0.497 e. The summed E-state index contributed by atoms with van der Waals surface area (Å²) in [5.74, 6) is 2.18. The molecule has 0 amide bonds. The van der Waals surface area contributed by atoms with Crippen LogP contribution in [0.15, 0.2) is 42.5 Å². The van der Waals surface area contributed by atoms with Crippen molar-refractivity contribution in [3.63, 3.8) is 0 Å². The fourth-order valence-corrected chi connectivity index (χ4v) is 1.91. The molecule has 2 aromatic rings. The fourth-order valence-electron chi connectivity index (χ4n) is 1.91. The third-order valence-electron chi connectivity index (χ3n) is 3.21. The molecule has 4 nitrogen and oxygen atoms in total. The Bertz CT molecular complexity index is 565. The van der Waals surface area contributed by atoms with E-state index >= 15 is 0 Å². The van der Waals surface area contributed by atoms with Crippen molar-refractivity contribution in [3.8, 4) is 17.4 Å². The SMILES string of the molecule is COc1ccc(Oc2cccc(CNC3CC3)n2)cc1. The number of hydrogen-bond donors (Lipinski definition) is 1. The van der Waals surface area contributed by atoms with Gasteiger partial charge in [0.2, 0.25) is 5.88 Å². The van der Waals surface area contributed by atoms with Gasteiger partial charge in [0.15, 0.2) is 0 Å². The number of aromatic nitrogens is 1. The summed E-state index contributed by atoms with van der Waals surface area (Å²) in [6.07, 6.45) is 2.56. The second-order valence-corrected chi connectivity index (χ2v) is 4.90. The molecular weight excluding hydrogens is 252 g/mol. The molecule has 104 valence electrons. The average Bonchev–Trinajstić information content (AvgIpc) is 3.31. The first-order valence-electron chi connectivity index (χ1n) is 6.85. The normalized spacial score (nSPS) is 14.1. The van der Waals surface area contributed by atoms with Crippen molar-refractivity contribution in [1.29, 1.82) is 0 Å². The number of rotatable bonds is 6. The van der Waals surface area contributed by atoms with Gasteiger partial charge < -0.3 is 14.8 Å². The maximum atomic E-state index is 5.75. The number of nitrogens with one attached hydrogen (secondary N) is 1. The van der Waals surface area contributed by atoms with Crippen LogP contribution >= 0.6 is 0 Å². The minimum atomic E-state index is 0.616. The van der Waals surface area contributed by atoms with Crippen molar-refractivity contribution in [3.05, 3.63) is 48.2 Å². The summed E-state index contributed by atoms with van der Waals surface area (Å²) in [6, 6.07) is 14.0. The van der Waals surface area contributed by atoms with E-state index in [9.17, 15) is 0 Å². The Labute approximate surface area is 118 Å². The highest BCUT2D eigenvalue weighted by Gasteiger charge is 2.20. The number of methoxy groups -OCH3 is 1. The van der Waals surface area contributed by atoms with Crippen LogP contribution in [0.2, 0.25) is 0 Å². The molecule has 1 fully saturated rings. The zero-order valence-electron chi connectivity index (χ0n) is 11.5. The van der Waals surface area contributed by atoms with Gasteiger partial charge in [-0.1, -0.05) is 6.07 Å².